The number of likely N-dealkylation sites (N-methyl/N-ethyl adjacent to an activating group) is 1. The van der Waals surface area contributed by atoms with Crippen LogP contribution in [0, 0.1) is 0 Å². The Hall–Kier alpha value is -2.61. The highest BCUT2D eigenvalue weighted by atomic mass is 16.5. The molecule has 0 bridgehead atoms. The number of benzene rings is 1. The Labute approximate surface area is 154 Å². The van der Waals surface area contributed by atoms with E-state index in [0.717, 1.165) is 44.2 Å². The van der Waals surface area contributed by atoms with Gasteiger partial charge in [0.1, 0.15) is 18.1 Å². The van der Waals surface area contributed by atoms with Gasteiger partial charge in [0.05, 0.1) is 19.9 Å². The van der Waals surface area contributed by atoms with Gasteiger partial charge in [-0.3, -0.25) is 0 Å². The van der Waals surface area contributed by atoms with Gasteiger partial charge in [0.25, 0.3) is 0 Å². The first-order chi connectivity index (χ1) is 12.8. The maximum atomic E-state index is 5.70. The topological polar surface area (TPSA) is 75.6 Å². The van der Waals surface area contributed by atoms with Crippen LogP contribution in [-0.4, -0.2) is 73.1 Å². The van der Waals surface area contributed by atoms with Gasteiger partial charge in [0, 0.05) is 26.2 Å². The van der Waals surface area contributed by atoms with Gasteiger partial charge < -0.3 is 24.6 Å². The normalized spacial score (nSPS) is 14.9. The molecular weight excluding hydrogens is 332 g/mol. The van der Waals surface area contributed by atoms with Crippen molar-refractivity contribution < 1.29 is 9.47 Å². The van der Waals surface area contributed by atoms with Crippen LogP contribution in [0.1, 0.15) is 6.92 Å². The maximum Gasteiger partial charge on any atom is 0.247 e. The third-order valence-corrected chi connectivity index (χ3v) is 4.39. The fourth-order valence-corrected chi connectivity index (χ4v) is 2.80. The zero-order chi connectivity index (χ0) is 18.2. The summed E-state index contributed by atoms with van der Waals surface area (Å²) in [5.41, 5.74) is 0. The number of hydrogen-bond acceptors (Lipinski definition) is 8. The molecule has 0 atom stereocenters. The van der Waals surface area contributed by atoms with Gasteiger partial charge in [-0.15, -0.1) is 5.10 Å². The Morgan fingerprint density at radius 1 is 1.08 bits per heavy atom. The number of ether oxygens (including phenoxy) is 2. The number of anilines is 2. The van der Waals surface area contributed by atoms with Crippen LogP contribution < -0.4 is 19.7 Å². The van der Waals surface area contributed by atoms with Crippen molar-refractivity contribution in [1.82, 2.24) is 20.1 Å². The van der Waals surface area contributed by atoms with E-state index in [0.29, 0.717) is 24.9 Å². The molecule has 1 aliphatic rings. The molecule has 3 rings (SSSR count). The highest BCUT2D eigenvalue weighted by Gasteiger charge is 2.18. The predicted octanol–water partition coefficient (Wildman–Crippen LogP) is 1.51. The van der Waals surface area contributed by atoms with Crippen molar-refractivity contribution in [3.8, 4) is 11.5 Å². The summed E-state index contributed by atoms with van der Waals surface area (Å²) in [6.45, 7) is 8.36. The standard InChI is InChI=1S/C18H26N6O2/c1-3-23-9-11-24(12-10-23)18-21-17(14-20-22-18)19-8-13-26-16-6-4-15(25-2)5-7-16/h4-7,14H,3,8-13H2,1-2H3,(H,19,21,22). The lowest BCUT2D eigenvalue weighted by molar-refractivity contribution is 0.269. The minimum Gasteiger partial charge on any atom is -0.497 e. The number of nitrogens with one attached hydrogen (secondary N) is 1. The third kappa shape index (κ3) is 4.95. The predicted molar refractivity (Wildman–Crippen MR) is 101 cm³/mol. The van der Waals surface area contributed by atoms with Crippen molar-refractivity contribution in [1.29, 1.82) is 0 Å². The van der Waals surface area contributed by atoms with Crippen molar-refractivity contribution in [2.24, 2.45) is 0 Å². The largest absolute Gasteiger partial charge is 0.497 e. The molecule has 1 aliphatic heterocycles. The Bertz CT molecular complexity index is 674. The number of nitrogens with zero attached hydrogens (tertiary/aromatic N) is 5. The summed E-state index contributed by atoms with van der Waals surface area (Å²) in [4.78, 5) is 9.16. The molecule has 8 nitrogen and oxygen atoms in total. The van der Waals surface area contributed by atoms with Crippen LogP contribution in [-0.2, 0) is 0 Å². The molecule has 0 radical (unpaired) electrons. The van der Waals surface area contributed by atoms with E-state index in [9.17, 15) is 0 Å². The number of hydrogen-bond donors (Lipinski definition) is 1. The monoisotopic (exact) mass is 358 g/mol. The average molecular weight is 358 g/mol. The second-order valence-corrected chi connectivity index (χ2v) is 6.01. The fourth-order valence-electron chi connectivity index (χ4n) is 2.80. The van der Waals surface area contributed by atoms with E-state index in [2.05, 4.69) is 37.2 Å². The first kappa shape index (κ1) is 18.2. The van der Waals surface area contributed by atoms with Crippen LogP contribution in [0.5, 0.6) is 11.5 Å². The molecule has 0 spiro atoms. The molecule has 1 fully saturated rings. The van der Waals surface area contributed by atoms with E-state index in [1.807, 2.05) is 24.3 Å². The molecule has 1 N–H and O–H groups in total. The van der Waals surface area contributed by atoms with E-state index in [1.54, 1.807) is 13.3 Å². The summed E-state index contributed by atoms with van der Waals surface area (Å²) in [5.74, 6) is 3.02. The highest BCUT2D eigenvalue weighted by molar-refractivity contribution is 5.39. The maximum absolute atomic E-state index is 5.70. The molecule has 0 aliphatic carbocycles. The quantitative estimate of drug-likeness (QED) is 0.712. The number of rotatable bonds is 8. The van der Waals surface area contributed by atoms with Crippen LogP contribution in [0.15, 0.2) is 30.5 Å². The van der Waals surface area contributed by atoms with E-state index in [1.165, 1.54) is 0 Å². The molecule has 140 valence electrons. The van der Waals surface area contributed by atoms with E-state index in [4.69, 9.17) is 9.47 Å². The lowest BCUT2D eigenvalue weighted by Crippen LogP contribution is -2.46. The summed E-state index contributed by atoms with van der Waals surface area (Å²) in [6.07, 6.45) is 1.64. The van der Waals surface area contributed by atoms with E-state index in [-0.39, 0.29) is 0 Å². The van der Waals surface area contributed by atoms with Gasteiger partial charge in [0.2, 0.25) is 5.95 Å². The van der Waals surface area contributed by atoms with Crippen molar-refractivity contribution in [3.63, 3.8) is 0 Å². The van der Waals surface area contributed by atoms with Crippen molar-refractivity contribution in [2.75, 3.05) is 63.2 Å². The first-order valence-corrected chi connectivity index (χ1v) is 8.96. The molecule has 0 amide bonds. The first-order valence-electron chi connectivity index (χ1n) is 8.96. The molecule has 2 heterocycles. The summed E-state index contributed by atoms with van der Waals surface area (Å²) in [6, 6.07) is 7.53. The van der Waals surface area contributed by atoms with E-state index < -0.39 is 0 Å². The molecular formula is C18H26N6O2. The fraction of sp³-hybridized carbons (Fsp3) is 0.500. The lowest BCUT2D eigenvalue weighted by Gasteiger charge is -2.33. The van der Waals surface area contributed by atoms with Gasteiger partial charge >= 0.3 is 0 Å². The molecule has 8 heteroatoms. The minimum absolute atomic E-state index is 0.529. The molecule has 26 heavy (non-hydrogen) atoms. The molecule has 1 aromatic carbocycles. The summed E-state index contributed by atoms with van der Waals surface area (Å²) >= 11 is 0. The smallest absolute Gasteiger partial charge is 0.247 e. The van der Waals surface area contributed by atoms with Crippen LogP contribution in [0.2, 0.25) is 0 Å². The second kappa shape index (κ2) is 9.19. The molecule has 0 unspecified atom stereocenters. The minimum atomic E-state index is 0.529. The highest BCUT2D eigenvalue weighted by Crippen LogP contribution is 2.17. The van der Waals surface area contributed by atoms with Crippen LogP contribution in [0.4, 0.5) is 11.8 Å². The molecule has 2 aromatic rings. The van der Waals surface area contributed by atoms with Crippen molar-refractivity contribution in [2.45, 2.75) is 6.92 Å². The Morgan fingerprint density at radius 2 is 1.81 bits per heavy atom. The number of methoxy groups -OCH3 is 1. The SMILES string of the molecule is CCN1CCN(c2nncc(NCCOc3ccc(OC)cc3)n2)CC1. The van der Waals surface area contributed by atoms with Crippen molar-refractivity contribution in [3.05, 3.63) is 30.5 Å². The molecule has 1 saturated heterocycles. The van der Waals surface area contributed by atoms with Gasteiger partial charge in [-0.2, -0.15) is 10.1 Å². The van der Waals surface area contributed by atoms with Crippen LogP contribution in [0.3, 0.4) is 0 Å². The Balaban J connectivity index is 1.45. The van der Waals surface area contributed by atoms with Gasteiger partial charge in [-0.25, -0.2) is 0 Å². The zero-order valence-corrected chi connectivity index (χ0v) is 15.4. The van der Waals surface area contributed by atoms with Crippen LogP contribution in [0.25, 0.3) is 0 Å². The number of aromatic nitrogens is 3. The van der Waals surface area contributed by atoms with Crippen molar-refractivity contribution >= 4 is 11.8 Å². The van der Waals surface area contributed by atoms with Gasteiger partial charge in [0.15, 0.2) is 5.82 Å². The van der Waals surface area contributed by atoms with E-state index >= 15 is 0 Å². The Kier molecular flexibility index (Phi) is 6.43. The third-order valence-electron chi connectivity index (χ3n) is 4.39. The molecule has 1 aromatic heterocycles. The zero-order valence-electron chi connectivity index (χ0n) is 15.4. The summed E-state index contributed by atoms with van der Waals surface area (Å²) in [7, 11) is 1.65. The second-order valence-electron chi connectivity index (χ2n) is 6.01. The Morgan fingerprint density at radius 3 is 2.50 bits per heavy atom. The van der Waals surface area contributed by atoms with Crippen LogP contribution >= 0.6 is 0 Å². The molecule has 0 saturated carbocycles. The lowest BCUT2D eigenvalue weighted by atomic mass is 10.3. The average Bonchev–Trinajstić information content (AvgIpc) is 2.72. The summed E-state index contributed by atoms with van der Waals surface area (Å²) < 4.78 is 10.8. The summed E-state index contributed by atoms with van der Waals surface area (Å²) in [5, 5.41) is 11.5. The van der Waals surface area contributed by atoms with Gasteiger partial charge in [-0.05, 0) is 30.8 Å². The van der Waals surface area contributed by atoms with Gasteiger partial charge in [-0.1, -0.05) is 6.92 Å². The number of piperazine rings is 1.